The molecule has 252 valence electrons. The smallest absolute Gasteiger partial charge is 0.227 e. The molecule has 3 aliphatic carbocycles. The fourth-order valence-electron chi connectivity index (χ4n) is 8.24. The molecule has 3 N–H and O–H groups in total. The van der Waals surface area contributed by atoms with Crippen LogP contribution in [-0.2, 0) is 14.4 Å². The molecule has 3 fully saturated rings. The Hall–Kier alpha value is -2.37. The number of amides is 3. The molecular weight excluding hydrogens is 558 g/mol. The van der Waals surface area contributed by atoms with Gasteiger partial charge in [0.2, 0.25) is 17.7 Å². The van der Waals surface area contributed by atoms with Crippen LogP contribution in [0.15, 0.2) is 18.2 Å². The zero-order chi connectivity index (χ0) is 33.2. The van der Waals surface area contributed by atoms with E-state index in [1.807, 2.05) is 18.2 Å². The fraction of sp³-hybridized carbons (Fsp3) is 0.769. The Labute approximate surface area is 274 Å². The number of hydrogen-bond acceptors (Lipinski definition) is 3. The molecule has 0 saturated heterocycles. The van der Waals surface area contributed by atoms with E-state index < -0.39 is 0 Å². The molecule has 0 radical (unpaired) electrons. The summed E-state index contributed by atoms with van der Waals surface area (Å²) in [5, 5.41) is 9.46. The molecule has 3 amide bonds. The topological polar surface area (TPSA) is 87.3 Å². The van der Waals surface area contributed by atoms with Gasteiger partial charge in [0.05, 0.1) is 0 Å². The van der Waals surface area contributed by atoms with E-state index in [-0.39, 0.29) is 51.7 Å². The van der Waals surface area contributed by atoms with Gasteiger partial charge in [0.15, 0.2) is 0 Å². The van der Waals surface area contributed by atoms with E-state index in [1.165, 1.54) is 0 Å². The molecule has 1 aromatic carbocycles. The van der Waals surface area contributed by atoms with Crippen molar-refractivity contribution >= 4 is 34.8 Å². The maximum absolute atomic E-state index is 13.4. The Bertz CT molecular complexity index is 1020. The van der Waals surface area contributed by atoms with Gasteiger partial charge in [-0.1, -0.05) is 62.3 Å². The fourth-order valence-corrected chi connectivity index (χ4v) is 8.24. The number of nitrogens with one attached hydrogen (secondary N) is 3. The van der Waals surface area contributed by atoms with E-state index in [1.54, 1.807) is 0 Å². The lowest BCUT2D eigenvalue weighted by molar-refractivity contribution is -0.122. The largest absolute Gasteiger partial charge is 0.326 e. The average molecular weight is 622 g/mol. The van der Waals surface area contributed by atoms with Crippen LogP contribution in [-0.4, -0.2) is 17.7 Å². The molecule has 0 aliphatic heterocycles. The quantitative estimate of drug-likeness (QED) is 0.295. The van der Waals surface area contributed by atoms with Crippen molar-refractivity contribution < 1.29 is 14.4 Å². The van der Waals surface area contributed by atoms with Crippen LogP contribution in [0.25, 0.3) is 0 Å². The van der Waals surface area contributed by atoms with Crippen LogP contribution in [0.1, 0.15) is 139 Å². The predicted molar refractivity (Wildman–Crippen MR) is 187 cm³/mol. The third-order valence-corrected chi connectivity index (χ3v) is 11.7. The molecular formula is C39H63N3O3. The summed E-state index contributed by atoms with van der Waals surface area (Å²) in [4.78, 5) is 40.3. The van der Waals surface area contributed by atoms with Crippen LogP contribution < -0.4 is 16.0 Å². The molecule has 3 aliphatic rings. The van der Waals surface area contributed by atoms with Crippen LogP contribution in [0.3, 0.4) is 0 Å². The van der Waals surface area contributed by atoms with Crippen LogP contribution >= 0.6 is 0 Å². The van der Waals surface area contributed by atoms with Crippen molar-refractivity contribution in [3.63, 3.8) is 0 Å². The van der Waals surface area contributed by atoms with Crippen LogP contribution in [0, 0.1) is 51.8 Å². The van der Waals surface area contributed by atoms with Crippen molar-refractivity contribution in [2.75, 3.05) is 16.0 Å². The Morgan fingerprint density at radius 3 is 0.800 bits per heavy atom. The summed E-state index contributed by atoms with van der Waals surface area (Å²) in [5.41, 5.74) is 2.66. The van der Waals surface area contributed by atoms with Crippen LogP contribution in [0.4, 0.5) is 17.1 Å². The summed E-state index contributed by atoms with van der Waals surface area (Å²) in [6, 6.07) is 5.55. The van der Waals surface area contributed by atoms with Gasteiger partial charge in [-0.3, -0.25) is 14.4 Å². The maximum Gasteiger partial charge on any atom is 0.227 e. The van der Waals surface area contributed by atoms with Crippen molar-refractivity contribution in [2.24, 2.45) is 51.8 Å². The Balaban J connectivity index is 1.45. The SMILES string of the molecule is CC(C)(C)C1CCC(C(=O)Nc2cc(NC(=O)C3CCC(C(C)(C)C)CC3)cc(NC(=O)C3CCC(C(C)(C)C)CC3)c2)CC1. The lowest BCUT2D eigenvalue weighted by Gasteiger charge is -2.36. The number of carbonyl (C=O) groups excluding carboxylic acids is 3. The third-order valence-electron chi connectivity index (χ3n) is 11.7. The van der Waals surface area contributed by atoms with Gasteiger partial charge >= 0.3 is 0 Å². The highest BCUT2D eigenvalue weighted by molar-refractivity contribution is 5.99. The van der Waals surface area contributed by atoms with Crippen molar-refractivity contribution in [2.45, 2.75) is 139 Å². The van der Waals surface area contributed by atoms with E-state index >= 15 is 0 Å². The van der Waals surface area contributed by atoms with Gasteiger partial charge in [0, 0.05) is 34.8 Å². The lowest BCUT2D eigenvalue weighted by Crippen LogP contribution is -2.32. The van der Waals surface area contributed by atoms with Crippen molar-refractivity contribution in [3.05, 3.63) is 18.2 Å². The van der Waals surface area contributed by atoms with Gasteiger partial charge in [0.25, 0.3) is 0 Å². The molecule has 3 saturated carbocycles. The first-order chi connectivity index (χ1) is 20.9. The summed E-state index contributed by atoms with van der Waals surface area (Å²) >= 11 is 0. The maximum atomic E-state index is 13.4. The molecule has 6 heteroatoms. The summed E-state index contributed by atoms with van der Waals surface area (Å²) in [5.74, 6) is 1.96. The first-order valence-electron chi connectivity index (χ1n) is 18.0. The third kappa shape index (κ3) is 9.81. The van der Waals surface area contributed by atoms with Crippen molar-refractivity contribution in [1.82, 2.24) is 0 Å². The number of carbonyl (C=O) groups is 3. The minimum atomic E-state index is -0.0177. The second-order valence-electron chi connectivity index (χ2n) is 18.0. The minimum absolute atomic E-state index is 0.0177. The van der Waals surface area contributed by atoms with Gasteiger partial charge in [0.1, 0.15) is 0 Å². The van der Waals surface area contributed by atoms with Gasteiger partial charge in [-0.15, -0.1) is 0 Å². The highest BCUT2D eigenvalue weighted by Crippen LogP contribution is 2.42. The van der Waals surface area contributed by atoms with Gasteiger partial charge in [-0.05, 0) is 129 Å². The van der Waals surface area contributed by atoms with Crippen LogP contribution in [0.2, 0.25) is 0 Å². The Morgan fingerprint density at radius 1 is 0.422 bits per heavy atom. The highest BCUT2D eigenvalue weighted by atomic mass is 16.2. The second-order valence-corrected chi connectivity index (χ2v) is 18.0. The van der Waals surface area contributed by atoms with Crippen LogP contribution in [0.5, 0.6) is 0 Å². The molecule has 0 atom stereocenters. The number of anilines is 3. The molecule has 0 heterocycles. The van der Waals surface area contributed by atoms with Gasteiger partial charge < -0.3 is 16.0 Å². The molecule has 0 aromatic heterocycles. The van der Waals surface area contributed by atoms with E-state index in [4.69, 9.17) is 0 Å². The standard InChI is InChI=1S/C39H63N3O3/c1-37(2,3)28-16-10-25(11-17-28)34(43)40-31-22-32(41-35(44)26-12-18-29(19-13-26)38(4,5)6)24-33(23-31)42-36(45)27-14-20-30(21-15-27)39(7,8)9/h22-30H,10-21H2,1-9H3,(H,40,43)(H,41,44)(H,42,45). The number of hydrogen-bond donors (Lipinski definition) is 3. The van der Waals surface area contributed by atoms with Crippen molar-refractivity contribution in [3.8, 4) is 0 Å². The average Bonchev–Trinajstić information content (AvgIpc) is 2.96. The summed E-state index contributed by atoms with van der Waals surface area (Å²) in [6.45, 7) is 20.6. The molecule has 0 spiro atoms. The summed E-state index contributed by atoms with van der Waals surface area (Å²) in [7, 11) is 0. The number of rotatable bonds is 6. The van der Waals surface area contributed by atoms with Crippen molar-refractivity contribution in [1.29, 1.82) is 0 Å². The molecule has 0 bridgehead atoms. The molecule has 4 rings (SSSR count). The monoisotopic (exact) mass is 621 g/mol. The molecule has 0 unspecified atom stereocenters. The molecule has 45 heavy (non-hydrogen) atoms. The van der Waals surface area contributed by atoms with Gasteiger partial charge in [-0.2, -0.15) is 0 Å². The number of benzene rings is 1. The van der Waals surface area contributed by atoms with E-state index in [2.05, 4.69) is 78.3 Å². The first kappa shape index (κ1) is 35.5. The molecule has 6 nitrogen and oxygen atoms in total. The van der Waals surface area contributed by atoms with E-state index in [0.717, 1.165) is 77.0 Å². The minimum Gasteiger partial charge on any atom is -0.326 e. The Morgan fingerprint density at radius 2 is 0.622 bits per heavy atom. The summed E-state index contributed by atoms with van der Waals surface area (Å²) < 4.78 is 0. The van der Waals surface area contributed by atoms with E-state index in [0.29, 0.717) is 34.8 Å². The molecule has 1 aromatic rings. The van der Waals surface area contributed by atoms with E-state index in [9.17, 15) is 14.4 Å². The first-order valence-corrected chi connectivity index (χ1v) is 18.0. The van der Waals surface area contributed by atoms with Gasteiger partial charge in [-0.25, -0.2) is 0 Å². The zero-order valence-corrected chi connectivity index (χ0v) is 29.9. The second kappa shape index (κ2) is 14.2. The zero-order valence-electron chi connectivity index (χ0n) is 29.9. The lowest BCUT2D eigenvalue weighted by atomic mass is 9.69. The predicted octanol–water partition coefficient (Wildman–Crippen LogP) is 10.1. The Kier molecular flexibility index (Phi) is 11.2. The summed E-state index contributed by atoms with van der Waals surface area (Å²) in [6.07, 6.45) is 11.7. The normalized spacial score (nSPS) is 28.2. The highest BCUT2D eigenvalue weighted by Gasteiger charge is 2.35.